The predicted molar refractivity (Wildman–Crippen MR) is 98.7 cm³/mol. The molecule has 0 bridgehead atoms. The summed E-state index contributed by atoms with van der Waals surface area (Å²) in [6, 6.07) is 15.0. The lowest BCUT2D eigenvalue weighted by atomic mass is 9.88. The average Bonchev–Trinajstić information content (AvgIpc) is 3.05. The lowest BCUT2D eigenvalue weighted by Crippen LogP contribution is -2.24. The molecule has 1 aliphatic rings. The summed E-state index contributed by atoms with van der Waals surface area (Å²) < 4.78 is 43.3. The van der Waals surface area contributed by atoms with E-state index in [0.717, 1.165) is 23.3 Å². The minimum Gasteiger partial charge on any atom is -0.469 e. The van der Waals surface area contributed by atoms with Crippen molar-refractivity contribution in [2.75, 3.05) is 20.2 Å². The maximum absolute atomic E-state index is 12.8. The van der Waals surface area contributed by atoms with Crippen LogP contribution in [0.15, 0.2) is 54.6 Å². The van der Waals surface area contributed by atoms with Gasteiger partial charge < -0.3 is 4.74 Å². The number of nitrogens with zero attached hydrogens (tertiary/aromatic N) is 1. The van der Waals surface area contributed by atoms with E-state index in [1.807, 2.05) is 30.3 Å². The van der Waals surface area contributed by atoms with Crippen molar-refractivity contribution >= 4 is 18.4 Å². The zero-order chi connectivity index (χ0) is 18.7. The van der Waals surface area contributed by atoms with Crippen LogP contribution >= 0.6 is 12.4 Å². The number of benzene rings is 2. The Labute approximate surface area is 162 Å². The highest BCUT2D eigenvalue weighted by molar-refractivity contribution is 5.85. The van der Waals surface area contributed by atoms with Gasteiger partial charge in [0.2, 0.25) is 0 Å². The molecule has 0 unspecified atom stereocenters. The third-order valence-corrected chi connectivity index (χ3v) is 4.81. The number of methoxy groups -OCH3 is 1. The molecule has 2 atom stereocenters. The molecule has 146 valence electrons. The molecular formula is C20H21ClF3NO2. The maximum atomic E-state index is 12.8. The smallest absolute Gasteiger partial charge is 0.416 e. The summed E-state index contributed by atoms with van der Waals surface area (Å²) in [7, 11) is 1.34. The van der Waals surface area contributed by atoms with Crippen molar-refractivity contribution < 1.29 is 22.7 Å². The van der Waals surface area contributed by atoms with Crippen molar-refractivity contribution in [3.8, 4) is 0 Å². The molecule has 0 amide bonds. The number of carbonyl (C=O) groups excluding carboxylic acids is 1. The van der Waals surface area contributed by atoms with Crippen molar-refractivity contribution in [1.82, 2.24) is 4.90 Å². The van der Waals surface area contributed by atoms with E-state index < -0.39 is 11.7 Å². The third kappa shape index (κ3) is 5.02. The van der Waals surface area contributed by atoms with Crippen molar-refractivity contribution in [2.45, 2.75) is 18.6 Å². The molecule has 0 saturated carbocycles. The fraction of sp³-hybridized carbons (Fsp3) is 0.350. The number of hydrogen-bond donors (Lipinski definition) is 0. The van der Waals surface area contributed by atoms with Crippen LogP contribution in [0.4, 0.5) is 13.2 Å². The van der Waals surface area contributed by atoms with Gasteiger partial charge in [-0.05, 0) is 23.3 Å². The molecule has 1 aliphatic heterocycles. The summed E-state index contributed by atoms with van der Waals surface area (Å²) in [5, 5.41) is 0. The number of rotatable bonds is 4. The summed E-state index contributed by atoms with van der Waals surface area (Å²) in [5.41, 5.74) is 1.17. The first-order valence-corrected chi connectivity index (χ1v) is 8.39. The molecule has 1 fully saturated rings. The van der Waals surface area contributed by atoms with Gasteiger partial charge in [-0.2, -0.15) is 13.2 Å². The van der Waals surface area contributed by atoms with Crippen LogP contribution in [-0.4, -0.2) is 31.1 Å². The third-order valence-electron chi connectivity index (χ3n) is 4.81. The van der Waals surface area contributed by atoms with Gasteiger partial charge in [0, 0.05) is 25.6 Å². The zero-order valence-electron chi connectivity index (χ0n) is 14.8. The first kappa shape index (κ1) is 21.3. The molecule has 1 heterocycles. The van der Waals surface area contributed by atoms with Gasteiger partial charge in [0.1, 0.15) is 0 Å². The van der Waals surface area contributed by atoms with E-state index in [-0.39, 0.29) is 30.2 Å². The van der Waals surface area contributed by atoms with Gasteiger partial charge >= 0.3 is 12.1 Å². The highest BCUT2D eigenvalue weighted by Crippen LogP contribution is 2.36. The molecule has 7 heteroatoms. The Hall–Kier alpha value is -2.05. The number of esters is 1. The Bertz CT molecular complexity index is 750. The largest absolute Gasteiger partial charge is 0.469 e. The second kappa shape index (κ2) is 8.76. The summed E-state index contributed by atoms with van der Waals surface area (Å²) >= 11 is 0. The van der Waals surface area contributed by atoms with Gasteiger partial charge in [0.15, 0.2) is 0 Å². The van der Waals surface area contributed by atoms with E-state index in [0.29, 0.717) is 19.6 Å². The average molecular weight is 400 g/mol. The monoisotopic (exact) mass is 399 g/mol. The summed E-state index contributed by atoms with van der Waals surface area (Å²) in [5.74, 6) is -0.903. The minimum atomic E-state index is -4.37. The molecule has 0 spiro atoms. The van der Waals surface area contributed by atoms with E-state index in [1.54, 1.807) is 0 Å². The normalized spacial score (nSPS) is 20.1. The Morgan fingerprint density at radius 3 is 2.26 bits per heavy atom. The molecule has 1 saturated heterocycles. The number of halogens is 4. The molecule has 0 aromatic heterocycles. The molecule has 0 N–H and O–H groups in total. The molecule has 0 radical (unpaired) electrons. The second-order valence-corrected chi connectivity index (χ2v) is 6.54. The maximum Gasteiger partial charge on any atom is 0.416 e. The summed E-state index contributed by atoms with van der Waals surface area (Å²) in [4.78, 5) is 14.3. The molecule has 2 aromatic carbocycles. The second-order valence-electron chi connectivity index (χ2n) is 6.54. The van der Waals surface area contributed by atoms with Crippen molar-refractivity contribution in [3.05, 3.63) is 71.3 Å². The van der Waals surface area contributed by atoms with Crippen molar-refractivity contribution in [1.29, 1.82) is 0 Å². The van der Waals surface area contributed by atoms with Crippen LogP contribution in [0.2, 0.25) is 0 Å². The number of alkyl halides is 3. The molecular weight excluding hydrogens is 379 g/mol. The fourth-order valence-corrected chi connectivity index (χ4v) is 3.50. The number of carbonyl (C=O) groups is 1. The highest BCUT2D eigenvalue weighted by atomic mass is 35.5. The SMILES string of the molecule is COC(=O)[C@@H]1CN(Cc2ccccc2)C[C@H]1c1ccc(C(F)(F)F)cc1.Cl. The van der Waals surface area contributed by atoms with Gasteiger partial charge in [0.25, 0.3) is 0 Å². The lowest BCUT2D eigenvalue weighted by molar-refractivity contribution is -0.145. The standard InChI is InChI=1S/C20H20F3NO2.ClH/c1-26-19(25)18-13-24(11-14-5-3-2-4-6-14)12-17(18)15-7-9-16(10-8-15)20(21,22)23;/h2-10,17-18H,11-13H2,1H3;1H/t17-,18+;/m0./s1. The quantitative estimate of drug-likeness (QED) is 0.708. The Balaban J connectivity index is 0.00000261. The lowest BCUT2D eigenvalue weighted by Gasteiger charge is -2.17. The highest BCUT2D eigenvalue weighted by Gasteiger charge is 2.39. The van der Waals surface area contributed by atoms with E-state index in [2.05, 4.69) is 4.90 Å². The Morgan fingerprint density at radius 1 is 1.07 bits per heavy atom. The van der Waals surface area contributed by atoms with Gasteiger partial charge in [0.05, 0.1) is 18.6 Å². The Kier molecular flexibility index (Phi) is 6.89. The zero-order valence-corrected chi connectivity index (χ0v) is 15.6. The minimum absolute atomic E-state index is 0. The number of likely N-dealkylation sites (tertiary alicyclic amines) is 1. The summed E-state index contributed by atoms with van der Waals surface area (Å²) in [6.45, 7) is 1.80. The molecule has 27 heavy (non-hydrogen) atoms. The van der Waals surface area contributed by atoms with Crippen LogP contribution in [0.1, 0.15) is 22.6 Å². The predicted octanol–water partition coefficient (Wildman–Crippen LogP) is 4.52. The topological polar surface area (TPSA) is 29.5 Å². The van der Waals surface area contributed by atoms with E-state index in [4.69, 9.17) is 4.74 Å². The first-order chi connectivity index (χ1) is 12.4. The molecule has 0 aliphatic carbocycles. The summed E-state index contributed by atoms with van der Waals surface area (Å²) in [6.07, 6.45) is -4.37. The van der Waals surface area contributed by atoms with E-state index in [1.165, 1.54) is 19.2 Å². The van der Waals surface area contributed by atoms with Crippen LogP contribution < -0.4 is 0 Å². The van der Waals surface area contributed by atoms with Gasteiger partial charge in [-0.25, -0.2) is 0 Å². The van der Waals surface area contributed by atoms with Crippen molar-refractivity contribution in [3.63, 3.8) is 0 Å². The Morgan fingerprint density at radius 2 is 1.70 bits per heavy atom. The van der Waals surface area contributed by atoms with Gasteiger partial charge in [-0.1, -0.05) is 42.5 Å². The van der Waals surface area contributed by atoms with Gasteiger partial charge in [-0.15, -0.1) is 12.4 Å². The van der Waals surface area contributed by atoms with Crippen LogP contribution in [0.25, 0.3) is 0 Å². The van der Waals surface area contributed by atoms with E-state index >= 15 is 0 Å². The van der Waals surface area contributed by atoms with Gasteiger partial charge in [-0.3, -0.25) is 9.69 Å². The number of ether oxygens (including phenoxy) is 1. The van der Waals surface area contributed by atoms with Crippen LogP contribution in [-0.2, 0) is 22.3 Å². The fourth-order valence-electron chi connectivity index (χ4n) is 3.50. The van der Waals surface area contributed by atoms with Crippen molar-refractivity contribution in [2.24, 2.45) is 5.92 Å². The number of hydrogen-bond acceptors (Lipinski definition) is 3. The van der Waals surface area contributed by atoms with E-state index in [9.17, 15) is 18.0 Å². The van der Waals surface area contributed by atoms with Crippen LogP contribution in [0.3, 0.4) is 0 Å². The molecule has 3 rings (SSSR count). The van der Waals surface area contributed by atoms with Crippen LogP contribution in [0.5, 0.6) is 0 Å². The first-order valence-electron chi connectivity index (χ1n) is 8.39. The molecule has 3 nitrogen and oxygen atoms in total. The molecule has 2 aromatic rings. The van der Waals surface area contributed by atoms with Crippen LogP contribution in [0, 0.1) is 5.92 Å².